The number of carbonyl (C=O) groups excluding carboxylic acids is 3. The van der Waals surface area contributed by atoms with Gasteiger partial charge in [0.05, 0.1) is 5.92 Å². The molecular weight excluding hydrogens is 428 g/mol. The second kappa shape index (κ2) is 10.0. The molecule has 0 bridgehead atoms. The SMILES string of the molecule is C[C@H]1C[C@H](N2CCc3c([C@H]4CCC(=O)NC4=O)cccc32)CCN1CC(=C=O)C1CCNCC1. The number of nitrogens with one attached hydrogen (secondary N) is 2. The van der Waals surface area contributed by atoms with E-state index in [0.717, 1.165) is 76.0 Å². The lowest BCUT2D eigenvalue weighted by Crippen LogP contribution is -2.49. The van der Waals surface area contributed by atoms with Crippen LogP contribution < -0.4 is 15.5 Å². The Labute approximate surface area is 201 Å². The Morgan fingerprint density at radius 1 is 1.09 bits per heavy atom. The fourth-order valence-corrected chi connectivity index (χ4v) is 6.53. The first-order chi connectivity index (χ1) is 16.5. The van der Waals surface area contributed by atoms with E-state index in [1.807, 2.05) is 0 Å². The molecule has 2 amide bonds. The molecule has 7 heteroatoms. The van der Waals surface area contributed by atoms with Crippen molar-refractivity contribution in [3.05, 3.63) is 34.9 Å². The van der Waals surface area contributed by atoms with E-state index >= 15 is 0 Å². The number of nitrogens with zero attached hydrogens (tertiary/aromatic N) is 2. The number of fused-ring (bicyclic) bond motifs is 1. The molecule has 5 rings (SSSR count). The lowest BCUT2D eigenvalue weighted by Gasteiger charge is -2.42. The van der Waals surface area contributed by atoms with Crippen molar-refractivity contribution in [1.29, 1.82) is 0 Å². The van der Waals surface area contributed by atoms with E-state index in [0.29, 0.717) is 30.8 Å². The Morgan fingerprint density at radius 2 is 1.91 bits per heavy atom. The van der Waals surface area contributed by atoms with Crippen LogP contribution in [0.1, 0.15) is 62.5 Å². The zero-order valence-electron chi connectivity index (χ0n) is 20.1. The van der Waals surface area contributed by atoms with Crippen molar-refractivity contribution in [3.63, 3.8) is 0 Å². The number of anilines is 1. The number of hydrogen-bond donors (Lipinski definition) is 2. The summed E-state index contributed by atoms with van der Waals surface area (Å²) in [6, 6.07) is 7.20. The summed E-state index contributed by atoms with van der Waals surface area (Å²) in [5.74, 6) is 2.13. The van der Waals surface area contributed by atoms with Crippen LogP contribution in [0.2, 0.25) is 0 Å². The number of hydrogen-bond acceptors (Lipinski definition) is 6. The third-order valence-corrected chi connectivity index (χ3v) is 8.48. The Kier molecular flexibility index (Phi) is 6.87. The summed E-state index contributed by atoms with van der Waals surface area (Å²) in [7, 11) is 0. The maximum atomic E-state index is 12.5. The van der Waals surface area contributed by atoms with Gasteiger partial charge in [-0.1, -0.05) is 12.1 Å². The highest BCUT2D eigenvalue weighted by molar-refractivity contribution is 6.01. The third kappa shape index (κ3) is 4.57. The number of rotatable bonds is 5. The average molecular weight is 465 g/mol. The second-order valence-corrected chi connectivity index (χ2v) is 10.4. The molecule has 2 N–H and O–H groups in total. The number of benzene rings is 1. The summed E-state index contributed by atoms with van der Waals surface area (Å²) in [4.78, 5) is 40.9. The molecule has 4 aliphatic heterocycles. The van der Waals surface area contributed by atoms with Gasteiger partial charge in [0.1, 0.15) is 5.94 Å². The minimum Gasteiger partial charge on any atom is -0.368 e. The standard InChI is InChI=1S/C27H36N4O3/c1-18-15-21(9-13-30(18)16-20(17-32)19-7-11-28-12-8-19)31-14-10-23-22(3-2-4-25(23)31)24-5-6-26(33)29-27(24)34/h2-4,18-19,21,24,28H,5-16H2,1H3,(H,29,33,34)/t18-,21+,24+/m0/s1. The van der Waals surface area contributed by atoms with E-state index in [-0.39, 0.29) is 17.7 Å². The highest BCUT2D eigenvalue weighted by Crippen LogP contribution is 2.39. The fraction of sp³-hybridized carbons (Fsp3) is 0.630. The summed E-state index contributed by atoms with van der Waals surface area (Å²) in [5.41, 5.74) is 4.59. The van der Waals surface area contributed by atoms with Gasteiger partial charge in [-0.3, -0.25) is 19.8 Å². The van der Waals surface area contributed by atoms with Gasteiger partial charge in [-0.2, -0.15) is 0 Å². The van der Waals surface area contributed by atoms with E-state index in [1.165, 1.54) is 11.3 Å². The van der Waals surface area contributed by atoms with Gasteiger partial charge in [-0.05, 0) is 81.6 Å². The van der Waals surface area contributed by atoms with Gasteiger partial charge >= 0.3 is 0 Å². The van der Waals surface area contributed by atoms with Crippen LogP contribution in [0.25, 0.3) is 0 Å². The quantitative estimate of drug-likeness (QED) is 0.514. The normalized spacial score (nSPS) is 28.4. The zero-order chi connectivity index (χ0) is 23.7. The summed E-state index contributed by atoms with van der Waals surface area (Å²) in [5, 5.41) is 5.90. The van der Waals surface area contributed by atoms with Crippen molar-refractivity contribution in [2.75, 3.05) is 37.6 Å². The first-order valence-electron chi connectivity index (χ1n) is 13.0. The number of carbonyl (C=O) groups is 2. The molecule has 3 fully saturated rings. The van der Waals surface area contributed by atoms with Gasteiger partial charge in [-0.25, -0.2) is 4.79 Å². The number of likely N-dealkylation sites (tertiary alicyclic amines) is 1. The van der Waals surface area contributed by atoms with Crippen molar-refractivity contribution >= 4 is 23.4 Å². The predicted octanol–water partition coefficient (Wildman–Crippen LogP) is 2.18. The Hall–Kier alpha value is -2.47. The number of imide groups is 1. The van der Waals surface area contributed by atoms with E-state index in [4.69, 9.17) is 0 Å². The Morgan fingerprint density at radius 3 is 2.65 bits per heavy atom. The summed E-state index contributed by atoms with van der Waals surface area (Å²) in [6.07, 6.45) is 6.18. The third-order valence-electron chi connectivity index (χ3n) is 8.48. The lowest BCUT2D eigenvalue weighted by atomic mass is 9.86. The van der Waals surface area contributed by atoms with Crippen LogP contribution in [0.15, 0.2) is 23.8 Å². The topological polar surface area (TPSA) is 81.8 Å². The van der Waals surface area contributed by atoms with Crippen LogP contribution in [0.4, 0.5) is 5.69 Å². The monoisotopic (exact) mass is 464 g/mol. The minimum atomic E-state index is -0.225. The van der Waals surface area contributed by atoms with Gasteiger partial charge in [0.15, 0.2) is 0 Å². The van der Waals surface area contributed by atoms with Gasteiger partial charge in [-0.15, -0.1) is 0 Å². The highest BCUT2D eigenvalue weighted by Gasteiger charge is 2.36. The van der Waals surface area contributed by atoms with Crippen LogP contribution in [0.5, 0.6) is 0 Å². The van der Waals surface area contributed by atoms with Crippen molar-refractivity contribution in [2.45, 2.75) is 69.9 Å². The predicted molar refractivity (Wildman–Crippen MR) is 131 cm³/mol. The molecule has 3 saturated heterocycles. The van der Waals surface area contributed by atoms with E-state index in [9.17, 15) is 14.4 Å². The smallest absolute Gasteiger partial charge is 0.234 e. The highest BCUT2D eigenvalue weighted by atomic mass is 16.2. The van der Waals surface area contributed by atoms with Gasteiger partial charge in [0, 0.05) is 49.4 Å². The van der Waals surface area contributed by atoms with Crippen LogP contribution in [0, 0.1) is 5.92 Å². The molecule has 7 nitrogen and oxygen atoms in total. The summed E-state index contributed by atoms with van der Waals surface area (Å²) < 4.78 is 0. The Bertz CT molecular complexity index is 996. The molecule has 1 aromatic rings. The van der Waals surface area contributed by atoms with E-state index < -0.39 is 0 Å². The minimum absolute atomic E-state index is 0.155. The van der Waals surface area contributed by atoms with Gasteiger partial charge < -0.3 is 10.2 Å². The first kappa shape index (κ1) is 23.3. The van der Waals surface area contributed by atoms with Crippen LogP contribution in [0.3, 0.4) is 0 Å². The molecule has 3 atom stereocenters. The molecular formula is C27H36N4O3. The van der Waals surface area contributed by atoms with Crippen molar-refractivity contribution in [2.24, 2.45) is 5.92 Å². The van der Waals surface area contributed by atoms with Crippen molar-refractivity contribution < 1.29 is 14.4 Å². The van der Waals surface area contributed by atoms with Crippen molar-refractivity contribution in [1.82, 2.24) is 15.5 Å². The zero-order valence-corrected chi connectivity index (χ0v) is 20.1. The molecule has 0 spiro atoms. The summed E-state index contributed by atoms with van der Waals surface area (Å²) >= 11 is 0. The molecule has 0 aromatic heterocycles. The molecule has 1 aromatic carbocycles. The molecule has 4 aliphatic rings. The molecule has 0 saturated carbocycles. The summed E-state index contributed by atoms with van der Waals surface area (Å²) in [6.45, 7) is 6.98. The van der Waals surface area contributed by atoms with Crippen LogP contribution >= 0.6 is 0 Å². The average Bonchev–Trinajstić information content (AvgIpc) is 3.28. The Balaban J connectivity index is 1.25. The number of amides is 2. The second-order valence-electron chi connectivity index (χ2n) is 10.4. The molecule has 0 radical (unpaired) electrons. The molecule has 182 valence electrons. The van der Waals surface area contributed by atoms with Crippen molar-refractivity contribution in [3.8, 4) is 0 Å². The molecule has 0 unspecified atom stereocenters. The molecule has 0 aliphatic carbocycles. The van der Waals surface area contributed by atoms with E-state index in [2.05, 4.69) is 51.5 Å². The maximum Gasteiger partial charge on any atom is 0.234 e. The lowest BCUT2D eigenvalue weighted by molar-refractivity contribution is -0.134. The number of piperidine rings is 3. The largest absolute Gasteiger partial charge is 0.368 e. The van der Waals surface area contributed by atoms with Gasteiger partial charge in [0.2, 0.25) is 11.8 Å². The van der Waals surface area contributed by atoms with Gasteiger partial charge in [0.25, 0.3) is 0 Å². The van der Waals surface area contributed by atoms with Crippen LogP contribution in [-0.2, 0) is 20.8 Å². The molecule has 34 heavy (non-hydrogen) atoms. The molecule has 4 heterocycles. The maximum absolute atomic E-state index is 12.5. The van der Waals surface area contributed by atoms with E-state index in [1.54, 1.807) is 0 Å². The van der Waals surface area contributed by atoms with Crippen LogP contribution in [-0.4, -0.2) is 67.5 Å². The first-order valence-corrected chi connectivity index (χ1v) is 13.0. The fourth-order valence-electron chi connectivity index (χ4n) is 6.53.